The van der Waals surface area contributed by atoms with Crippen LogP contribution in [0, 0.1) is 13.8 Å². The summed E-state index contributed by atoms with van der Waals surface area (Å²) < 4.78 is 2.94. The van der Waals surface area contributed by atoms with E-state index in [4.69, 9.17) is 4.98 Å². The van der Waals surface area contributed by atoms with E-state index in [1.54, 1.807) is 0 Å². The lowest BCUT2D eigenvalue weighted by Gasteiger charge is -2.17. The Morgan fingerprint density at radius 3 is 2.69 bits per heavy atom. The highest BCUT2D eigenvalue weighted by atomic mass is 79.9. The van der Waals surface area contributed by atoms with Crippen LogP contribution in [0.4, 0.5) is 0 Å². The number of aryl methyl sites for hydroxylation is 2. The zero-order valence-electron chi connectivity index (χ0n) is 15.2. The molecule has 1 heterocycles. The Bertz CT molecular complexity index is 990. The Hall–Kier alpha value is -2.40. The molecule has 0 spiro atoms. The van der Waals surface area contributed by atoms with Crippen molar-refractivity contribution < 1.29 is 4.79 Å². The Morgan fingerprint density at radius 2 is 2.00 bits per heavy atom. The molecule has 3 aromatic rings. The second kappa shape index (κ2) is 7.46. The van der Waals surface area contributed by atoms with E-state index in [2.05, 4.69) is 32.4 Å². The molecule has 1 unspecified atom stereocenters. The van der Waals surface area contributed by atoms with E-state index >= 15 is 0 Å². The van der Waals surface area contributed by atoms with Crippen LogP contribution in [0.25, 0.3) is 11.0 Å². The molecule has 0 saturated heterocycles. The molecule has 1 N–H and O–H groups in total. The number of hydrogen-bond acceptors (Lipinski definition) is 2. The summed E-state index contributed by atoms with van der Waals surface area (Å²) in [7, 11) is 0. The minimum Gasteiger partial charge on any atom is -0.342 e. The molecule has 26 heavy (non-hydrogen) atoms. The summed E-state index contributed by atoms with van der Waals surface area (Å²) in [6, 6.07) is 13.6. The number of para-hydroxylation sites is 2. The number of aromatic nitrogens is 2. The van der Waals surface area contributed by atoms with Crippen molar-refractivity contribution in [1.82, 2.24) is 14.9 Å². The van der Waals surface area contributed by atoms with Gasteiger partial charge in [-0.3, -0.25) is 4.79 Å². The molecule has 134 valence electrons. The van der Waals surface area contributed by atoms with Gasteiger partial charge in [-0.05, 0) is 44.5 Å². The van der Waals surface area contributed by atoms with Gasteiger partial charge in [-0.2, -0.15) is 0 Å². The molecule has 3 rings (SSSR count). The summed E-state index contributed by atoms with van der Waals surface area (Å²) in [6.45, 7) is 10.5. The Morgan fingerprint density at radius 1 is 1.27 bits per heavy atom. The highest BCUT2D eigenvalue weighted by molar-refractivity contribution is 9.11. The number of benzene rings is 2. The quantitative estimate of drug-likeness (QED) is 0.637. The number of carbonyl (C=O) groups is 1. The number of rotatable bonds is 5. The molecule has 0 bridgehead atoms. The molecule has 1 amide bonds. The molecule has 0 saturated carbocycles. The first-order valence-corrected chi connectivity index (χ1v) is 9.32. The molecule has 5 heteroatoms. The topological polar surface area (TPSA) is 46.9 Å². The van der Waals surface area contributed by atoms with E-state index in [0.717, 1.165) is 32.5 Å². The second-order valence-electron chi connectivity index (χ2n) is 6.58. The fraction of sp³-hybridized carbons (Fsp3) is 0.238. The zero-order chi connectivity index (χ0) is 18.8. The van der Waals surface area contributed by atoms with Gasteiger partial charge >= 0.3 is 0 Å². The average Bonchev–Trinajstić information content (AvgIpc) is 2.93. The summed E-state index contributed by atoms with van der Waals surface area (Å²) in [5, 5.41) is 3.08. The molecular formula is C21H22BrN3O. The number of nitrogens with zero attached hydrogens (tertiary/aromatic N) is 2. The van der Waals surface area contributed by atoms with E-state index in [9.17, 15) is 4.79 Å². The van der Waals surface area contributed by atoms with Crippen LogP contribution in [0.1, 0.15) is 40.3 Å². The minimum absolute atomic E-state index is 0.0914. The van der Waals surface area contributed by atoms with Crippen LogP contribution >= 0.6 is 15.9 Å². The number of fused-ring (bicyclic) bond motifs is 1. The van der Waals surface area contributed by atoms with E-state index < -0.39 is 0 Å². The van der Waals surface area contributed by atoms with Gasteiger partial charge in [0.25, 0.3) is 5.91 Å². The molecule has 0 radical (unpaired) electrons. The maximum atomic E-state index is 12.7. The van der Waals surface area contributed by atoms with E-state index in [1.807, 2.05) is 63.2 Å². The van der Waals surface area contributed by atoms with Gasteiger partial charge in [0.05, 0.1) is 23.6 Å². The number of allylic oxidation sites excluding steroid dienone is 1. The standard InChI is InChI=1S/C21H22BrN3O/c1-13-9-10-17(14(2)11-13)21(26)23-16(4)20-24-18-7-5-6-8-19(18)25(20)12-15(3)22/h5-11,16H,3,12H2,1-2,4H3,(H,23,26). The molecule has 0 fully saturated rings. The van der Waals surface area contributed by atoms with Gasteiger partial charge in [0, 0.05) is 10.0 Å². The zero-order valence-corrected chi connectivity index (χ0v) is 16.8. The smallest absolute Gasteiger partial charge is 0.252 e. The van der Waals surface area contributed by atoms with Crippen molar-refractivity contribution in [2.45, 2.75) is 33.4 Å². The highest BCUT2D eigenvalue weighted by Crippen LogP contribution is 2.23. The lowest BCUT2D eigenvalue weighted by Crippen LogP contribution is -2.29. The fourth-order valence-corrected chi connectivity index (χ4v) is 3.42. The van der Waals surface area contributed by atoms with Gasteiger partial charge in [0.2, 0.25) is 0 Å². The van der Waals surface area contributed by atoms with Crippen molar-refractivity contribution >= 4 is 32.9 Å². The van der Waals surface area contributed by atoms with Crippen LogP contribution in [-0.2, 0) is 6.54 Å². The van der Waals surface area contributed by atoms with Crippen molar-refractivity contribution in [2.24, 2.45) is 0 Å². The van der Waals surface area contributed by atoms with E-state index in [1.165, 1.54) is 0 Å². The number of nitrogens with one attached hydrogen (secondary N) is 1. The molecular weight excluding hydrogens is 390 g/mol. The lowest BCUT2D eigenvalue weighted by molar-refractivity contribution is 0.0937. The van der Waals surface area contributed by atoms with E-state index in [-0.39, 0.29) is 11.9 Å². The van der Waals surface area contributed by atoms with Crippen LogP contribution in [0.5, 0.6) is 0 Å². The Labute approximate surface area is 162 Å². The number of amides is 1. The summed E-state index contributed by atoms with van der Waals surface area (Å²) in [5.74, 6) is 0.719. The second-order valence-corrected chi connectivity index (χ2v) is 7.70. The molecule has 0 aliphatic heterocycles. The van der Waals surface area contributed by atoms with Gasteiger partial charge < -0.3 is 9.88 Å². The summed E-state index contributed by atoms with van der Waals surface area (Å²) >= 11 is 3.44. The molecule has 0 aliphatic carbocycles. The first-order valence-electron chi connectivity index (χ1n) is 8.53. The van der Waals surface area contributed by atoms with Crippen LogP contribution in [0.3, 0.4) is 0 Å². The van der Waals surface area contributed by atoms with E-state index in [0.29, 0.717) is 12.1 Å². The van der Waals surface area contributed by atoms with Gasteiger partial charge in [-0.1, -0.05) is 52.3 Å². The van der Waals surface area contributed by atoms with Gasteiger partial charge in [-0.15, -0.1) is 0 Å². The van der Waals surface area contributed by atoms with Gasteiger partial charge in [-0.25, -0.2) is 4.98 Å². The fourth-order valence-electron chi connectivity index (χ4n) is 3.17. The molecule has 1 aromatic heterocycles. The predicted octanol–water partition coefficient (Wildman–Crippen LogP) is 5.05. The first kappa shape index (κ1) is 18.4. The predicted molar refractivity (Wildman–Crippen MR) is 110 cm³/mol. The van der Waals surface area contributed by atoms with Crippen LogP contribution < -0.4 is 5.32 Å². The molecule has 2 aromatic carbocycles. The Balaban J connectivity index is 1.93. The van der Waals surface area contributed by atoms with Crippen LogP contribution in [0.15, 0.2) is 53.5 Å². The van der Waals surface area contributed by atoms with Gasteiger partial charge in [0.1, 0.15) is 5.82 Å². The maximum Gasteiger partial charge on any atom is 0.252 e. The highest BCUT2D eigenvalue weighted by Gasteiger charge is 2.20. The largest absolute Gasteiger partial charge is 0.342 e. The molecule has 1 atom stereocenters. The first-order chi connectivity index (χ1) is 12.4. The maximum absolute atomic E-state index is 12.7. The van der Waals surface area contributed by atoms with Crippen molar-refractivity contribution in [3.05, 3.63) is 76.0 Å². The van der Waals surface area contributed by atoms with Crippen molar-refractivity contribution in [2.75, 3.05) is 0 Å². The number of carbonyl (C=O) groups excluding carboxylic acids is 1. The number of halogens is 1. The minimum atomic E-state index is -0.234. The van der Waals surface area contributed by atoms with Crippen LogP contribution in [-0.4, -0.2) is 15.5 Å². The molecule has 0 aliphatic rings. The van der Waals surface area contributed by atoms with Crippen molar-refractivity contribution in [3.63, 3.8) is 0 Å². The van der Waals surface area contributed by atoms with Gasteiger partial charge in [0.15, 0.2) is 0 Å². The summed E-state index contributed by atoms with van der Waals surface area (Å²) in [4.78, 5) is 17.5. The lowest BCUT2D eigenvalue weighted by atomic mass is 10.0. The third kappa shape index (κ3) is 3.73. The Kier molecular flexibility index (Phi) is 5.28. The summed E-state index contributed by atoms with van der Waals surface area (Å²) in [5.41, 5.74) is 4.73. The van der Waals surface area contributed by atoms with Crippen molar-refractivity contribution in [1.29, 1.82) is 0 Å². The third-order valence-electron chi connectivity index (χ3n) is 4.38. The normalized spacial score (nSPS) is 12.2. The SMILES string of the molecule is C=C(Br)Cn1c(C(C)NC(=O)c2ccc(C)cc2C)nc2ccccc21. The van der Waals surface area contributed by atoms with Crippen molar-refractivity contribution in [3.8, 4) is 0 Å². The third-order valence-corrected chi connectivity index (χ3v) is 4.63. The number of hydrogen-bond donors (Lipinski definition) is 1. The summed E-state index contributed by atoms with van der Waals surface area (Å²) in [6.07, 6.45) is 0. The molecule has 4 nitrogen and oxygen atoms in total. The van der Waals surface area contributed by atoms with Crippen LogP contribution in [0.2, 0.25) is 0 Å². The number of imidazole rings is 1. The average molecular weight is 412 g/mol. The monoisotopic (exact) mass is 411 g/mol.